The molecule has 0 atom stereocenters. The summed E-state index contributed by atoms with van der Waals surface area (Å²) in [5.41, 5.74) is 3.77. The van der Waals surface area contributed by atoms with Gasteiger partial charge in [0.2, 0.25) is 0 Å². The first kappa shape index (κ1) is 13.3. The van der Waals surface area contributed by atoms with Crippen LogP contribution in [0.25, 0.3) is 11.8 Å². The Labute approximate surface area is 125 Å². The van der Waals surface area contributed by atoms with Gasteiger partial charge in [0.25, 0.3) is 0 Å². The van der Waals surface area contributed by atoms with Gasteiger partial charge in [0.05, 0.1) is 0 Å². The average molecular weight is 284 g/mol. The standard InChI is InChI=1S/C18H18ClN/c19-17-10-8-16(9-11-17)18(20-12-4-5-13-20)14-15-6-2-1-3-7-15/h1-3,6-11,14H,4-5,12-13H2/b18-14+. The van der Waals surface area contributed by atoms with Crippen LogP contribution in [-0.2, 0) is 0 Å². The topological polar surface area (TPSA) is 3.24 Å². The second-order valence-electron chi connectivity index (χ2n) is 5.14. The van der Waals surface area contributed by atoms with E-state index in [4.69, 9.17) is 11.6 Å². The first-order valence-corrected chi connectivity index (χ1v) is 7.48. The van der Waals surface area contributed by atoms with Crippen molar-refractivity contribution in [1.82, 2.24) is 4.90 Å². The van der Waals surface area contributed by atoms with Gasteiger partial charge in [-0.3, -0.25) is 0 Å². The van der Waals surface area contributed by atoms with E-state index in [-0.39, 0.29) is 0 Å². The fourth-order valence-electron chi connectivity index (χ4n) is 2.64. The van der Waals surface area contributed by atoms with Crippen molar-refractivity contribution in [2.24, 2.45) is 0 Å². The predicted octanol–water partition coefficient (Wildman–Crippen LogP) is 4.93. The van der Waals surface area contributed by atoms with E-state index >= 15 is 0 Å². The number of rotatable bonds is 3. The first-order chi connectivity index (χ1) is 9.83. The largest absolute Gasteiger partial charge is 0.371 e. The van der Waals surface area contributed by atoms with Crippen LogP contribution in [0.15, 0.2) is 54.6 Å². The zero-order valence-electron chi connectivity index (χ0n) is 11.4. The zero-order valence-corrected chi connectivity index (χ0v) is 12.2. The Balaban J connectivity index is 1.99. The van der Waals surface area contributed by atoms with Gasteiger partial charge in [-0.15, -0.1) is 0 Å². The highest BCUT2D eigenvalue weighted by Gasteiger charge is 2.16. The van der Waals surface area contributed by atoms with Gasteiger partial charge >= 0.3 is 0 Å². The van der Waals surface area contributed by atoms with E-state index in [2.05, 4.69) is 53.4 Å². The molecule has 2 aromatic carbocycles. The lowest BCUT2D eigenvalue weighted by atomic mass is 10.1. The maximum absolute atomic E-state index is 6.00. The summed E-state index contributed by atoms with van der Waals surface area (Å²) < 4.78 is 0. The monoisotopic (exact) mass is 283 g/mol. The molecular weight excluding hydrogens is 266 g/mol. The summed E-state index contributed by atoms with van der Waals surface area (Å²) in [6.45, 7) is 2.28. The molecule has 1 aliphatic heterocycles. The summed E-state index contributed by atoms with van der Waals surface area (Å²) in [5, 5.41) is 0.786. The molecule has 0 saturated carbocycles. The molecular formula is C18H18ClN. The van der Waals surface area contributed by atoms with Crippen LogP contribution in [0, 0.1) is 0 Å². The maximum atomic E-state index is 6.00. The average Bonchev–Trinajstić information content (AvgIpc) is 3.01. The fourth-order valence-corrected chi connectivity index (χ4v) is 2.77. The van der Waals surface area contributed by atoms with Gasteiger partial charge in [-0.25, -0.2) is 0 Å². The number of benzene rings is 2. The third-order valence-corrected chi connectivity index (χ3v) is 3.94. The molecule has 1 heterocycles. The molecule has 2 heteroatoms. The van der Waals surface area contributed by atoms with Gasteiger partial charge in [-0.2, -0.15) is 0 Å². The van der Waals surface area contributed by atoms with Crippen molar-refractivity contribution in [3.63, 3.8) is 0 Å². The summed E-state index contributed by atoms with van der Waals surface area (Å²) in [4.78, 5) is 2.47. The van der Waals surface area contributed by atoms with Crippen LogP contribution in [0.2, 0.25) is 5.02 Å². The molecule has 1 aliphatic rings. The molecule has 20 heavy (non-hydrogen) atoms. The van der Waals surface area contributed by atoms with Crippen LogP contribution >= 0.6 is 11.6 Å². The molecule has 2 aromatic rings. The quantitative estimate of drug-likeness (QED) is 0.722. The van der Waals surface area contributed by atoms with Gasteiger partial charge in [0, 0.05) is 23.8 Å². The molecule has 0 bridgehead atoms. The Morgan fingerprint density at radius 2 is 1.55 bits per heavy atom. The smallest absolute Gasteiger partial charge is 0.0445 e. The number of halogens is 1. The molecule has 0 aromatic heterocycles. The van der Waals surface area contributed by atoms with Crippen LogP contribution in [0.1, 0.15) is 24.0 Å². The summed E-state index contributed by atoms with van der Waals surface area (Å²) in [6.07, 6.45) is 4.83. The van der Waals surface area contributed by atoms with E-state index in [9.17, 15) is 0 Å². The maximum Gasteiger partial charge on any atom is 0.0445 e. The molecule has 1 nitrogen and oxygen atoms in total. The summed E-state index contributed by atoms with van der Waals surface area (Å²) in [7, 11) is 0. The van der Waals surface area contributed by atoms with E-state index in [1.807, 2.05) is 12.1 Å². The summed E-state index contributed by atoms with van der Waals surface area (Å²) in [6, 6.07) is 18.6. The number of hydrogen-bond acceptors (Lipinski definition) is 1. The van der Waals surface area contributed by atoms with Crippen LogP contribution in [0.4, 0.5) is 0 Å². The van der Waals surface area contributed by atoms with Gasteiger partial charge in [0.15, 0.2) is 0 Å². The minimum atomic E-state index is 0.786. The predicted molar refractivity (Wildman–Crippen MR) is 86.6 cm³/mol. The lowest BCUT2D eigenvalue weighted by Crippen LogP contribution is -2.17. The van der Waals surface area contributed by atoms with Crippen LogP contribution in [-0.4, -0.2) is 18.0 Å². The van der Waals surface area contributed by atoms with Crippen molar-refractivity contribution in [2.75, 3.05) is 13.1 Å². The Hall–Kier alpha value is -1.73. The van der Waals surface area contributed by atoms with E-state index in [1.54, 1.807) is 0 Å². The molecule has 3 rings (SSSR count). The number of likely N-dealkylation sites (tertiary alicyclic amines) is 1. The summed E-state index contributed by atoms with van der Waals surface area (Å²) >= 11 is 6.00. The molecule has 0 unspecified atom stereocenters. The number of nitrogens with zero attached hydrogens (tertiary/aromatic N) is 1. The van der Waals surface area contributed by atoms with Crippen molar-refractivity contribution in [3.05, 3.63) is 70.7 Å². The normalized spacial score (nSPS) is 15.7. The Morgan fingerprint density at radius 1 is 0.900 bits per heavy atom. The van der Waals surface area contributed by atoms with Crippen LogP contribution in [0.3, 0.4) is 0 Å². The van der Waals surface area contributed by atoms with Gasteiger partial charge in [-0.05, 0) is 42.2 Å². The van der Waals surface area contributed by atoms with Gasteiger partial charge in [-0.1, -0.05) is 54.1 Å². The lowest BCUT2D eigenvalue weighted by molar-refractivity contribution is 0.495. The Kier molecular flexibility index (Phi) is 4.08. The third-order valence-electron chi connectivity index (χ3n) is 3.69. The molecule has 0 aliphatic carbocycles. The molecule has 1 fully saturated rings. The Morgan fingerprint density at radius 3 is 2.20 bits per heavy atom. The van der Waals surface area contributed by atoms with Gasteiger partial charge < -0.3 is 4.90 Å². The molecule has 102 valence electrons. The van der Waals surface area contributed by atoms with Crippen molar-refractivity contribution in [1.29, 1.82) is 0 Å². The van der Waals surface area contributed by atoms with Crippen LogP contribution in [0.5, 0.6) is 0 Å². The highest BCUT2D eigenvalue weighted by Crippen LogP contribution is 2.27. The lowest BCUT2D eigenvalue weighted by Gasteiger charge is -2.22. The minimum Gasteiger partial charge on any atom is -0.371 e. The molecule has 0 spiro atoms. The van der Waals surface area contributed by atoms with E-state index < -0.39 is 0 Å². The summed E-state index contributed by atoms with van der Waals surface area (Å²) in [5.74, 6) is 0. The fraction of sp³-hybridized carbons (Fsp3) is 0.222. The van der Waals surface area contributed by atoms with E-state index in [0.717, 1.165) is 18.1 Å². The molecule has 0 amide bonds. The SMILES string of the molecule is Clc1ccc(/C(=C\c2ccccc2)N2CCCC2)cc1. The van der Waals surface area contributed by atoms with Crippen LogP contribution < -0.4 is 0 Å². The molecule has 1 saturated heterocycles. The highest BCUT2D eigenvalue weighted by molar-refractivity contribution is 6.30. The Bertz CT molecular complexity index is 581. The van der Waals surface area contributed by atoms with Gasteiger partial charge in [0.1, 0.15) is 0 Å². The molecule has 0 radical (unpaired) electrons. The van der Waals surface area contributed by atoms with E-state index in [0.29, 0.717) is 0 Å². The third kappa shape index (κ3) is 3.05. The molecule has 0 N–H and O–H groups in total. The van der Waals surface area contributed by atoms with Crippen molar-refractivity contribution in [3.8, 4) is 0 Å². The second kappa shape index (κ2) is 6.15. The second-order valence-corrected chi connectivity index (χ2v) is 5.58. The van der Waals surface area contributed by atoms with Crippen molar-refractivity contribution in [2.45, 2.75) is 12.8 Å². The minimum absolute atomic E-state index is 0.786. The number of hydrogen-bond donors (Lipinski definition) is 0. The zero-order chi connectivity index (χ0) is 13.8. The van der Waals surface area contributed by atoms with Crippen molar-refractivity contribution < 1.29 is 0 Å². The van der Waals surface area contributed by atoms with Crippen molar-refractivity contribution >= 4 is 23.4 Å². The first-order valence-electron chi connectivity index (χ1n) is 7.10. The highest BCUT2D eigenvalue weighted by atomic mass is 35.5. The van der Waals surface area contributed by atoms with E-state index in [1.165, 1.54) is 29.7 Å².